The average molecular weight is 513 g/mol. The molecule has 37 heavy (non-hydrogen) atoms. The van der Waals surface area contributed by atoms with Crippen LogP contribution >= 0.6 is 0 Å². The molecule has 1 aliphatic carbocycles. The Bertz CT molecular complexity index is 927. The maximum Gasteiger partial charge on any atom is 0.164 e. The van der Waals surface area contributed by atoms with Gasteiger partial charge in [-0.05, 0) is 100 Å². The molecule has 0 aromatic heterocycles. The Kier molecular flexibility index (Phi) is 12.4. The summed E-state index contributed by atoms with van der Waals surface area (Å²) in [6.07, 6.45) is 10.6. The molecule has 0 amide bonds. The van der Waals surface area contributed by atoms with Crippen LogP contribution in [0.5, 0.6) is 23.0 Å². The normalized spacial score (nSPS) is 14.9. The number of hydrogen-bond donors (Lipinski definition) is 1. The van der Waals surface area contributed by atoms with Crippen molar-refractivity contribution < 1.29 is 18.9 Å². The van der Waals surface area contributed by atoms with E-state index in [-0.39, 0.29) is 0 Å². The lowest BCUT2D eigenvalue weighted by atomic mass is 9.86. The SMILES string of the molecule is CCCN(CCCCCCNCCc1cc(OC)cc(OC)c1)C1CCc2c(ccc(OC)c2OC)C1. The molecule has 0 bridgehead atoms. The van der Waals surface area contributed by atoms with Crippen molar-refractivity contribution in [3.8, 4) is 23.0 Å². The van der Waals surface area contributed by atoms with Crippen LogP contribution in [0.1, 0.15) is 62.1 Å². The van der Waals surface area contributed by atoms with Crippen LogP contribution in [0, 0.1) is 0 Å². The number of hydrogen-bond acceptors (Lipinski definition) is 6. The molecule has 3 rings (SSSR count). The highest BCUT2D eigenvalue weighted by molar-refractivity contribution is 5.52. The van der Waals surface area contributed by atoms with Crippen molar-refractivity contribution in [3.63, 3.8) is 0 Å². The van der Waals surface area contributed by atoms with Crippen molar-refractivity contribution in [2.45, 2.75) is 70.8 Å². The van der Waals surface area contributed by atoms with Gasteiger partial charge in [0, 0.05) is 17.7 Å². The van der Waals surface area contributed by atoms with E-state index in [1.165, 1.54) is 68.3 Å². The number of nitrogens with one attached hydrogen (secondary N) is 1. The van der Waals surface area contributed by atoms with Crippen LogP contribution < -0.4 is 24.3 Å². The van der Waals surface area contributed by atoms with Crippen molar-refractivity contribution in [2.24, 2.45) is 0 Å². The predicted molar refractivity (Wildman–Crippen MR) is 152 cm³/mol. The van der Waals surface area contributed by atoms with E-state index in [9.17, 15) is 0 Å². The van der Waals surface area contributed by atoms with Gasteiger partial charge in [-0.15, -0.1) is 0 Å². The molecule has 1 unspecified atom stereocenters. The summed E-state index contributed by atoms with van der Waals surface area (Å²) in [5.41, 5.74) is 4.00. The second-order valence-electron chi connectivity index (χ2n) is 10.0. The first-order valence-electron chi connectivity index (χ1n) is 14.0. The van der Waals surface area contributed by atoms with Gasteiger partial charge >= 0.3 is 0 Å². The van der Waals surface area contributed by atoms with Crippen LogP contribution in [0.25, 0.3) is 0 Å². The first-order chi connectivity index (χ1) is 18.1. The van der Waals surface area contributed by atoms with Crippen molar-refractivity contribution in [1.82, 2.24) is 10.2 Å². The van der Waals surface area contributed by atoms with E-state index in [1.807, 2.05) is 6.07 Å². The maximum absolute atomic E-state index is 5.69. The third-order valence-electron chi connectivity index (χ3n) is 7.51. The molecule has 206 valence electrons. The van der Waals surface area contributed by atoms with Gasteiger partial charge in [-0.2, -0.15) is 0 Å². The van der Waals surface area contributed by atoms with E-state index in [0.717, 1.165) is 55.4 Å². The van der Waals surface area contributed by atoms with Crippen molar-refractivity contribution >= 4 is 0 Å². The molecule has 1 atom stereocenters. The average Bonchev–Trinajstić information content (AvgIpc) is 2.94. The summed E-state index contributed by atoms with van der Waals surface area (Å²) in [6.45, 7) is 6.73. The number of unbranched alkanes of at least 4 members (excludes halogenated alkanes) is 3. The van der Waals surface area contributed by atoms with Gasteiger partial charge in [0.15, 0.2) is 11.5 Å². The standard InChI is InChI=1S/C31H48N2O4/c1-6-18-33(26-12-13-29-25(22-26)11-14-30(36-4)31(29)37-5)19-10-8-7-9-16-32-17-15-24-20-27(34-2)23-28(21-24)35-3/h11,14,20-21,23,26,32H,6-10,12-13,15-19,22H2,1-5H3. The summed E-state index contributed by atoms with van der Waals surface area (Å²) >= 11 is 0. The smallest absolute Gasteiger partial charge is 0.164 e. The number of rotatable bonds is 17. The molecule has 0 radical (unpaired) electrons. The van der Waals surface area contributed by atoms with Crippen LogP contribution in [0.4, 0.5) is 0 Å². The molecule has 6 heteroatoms. The zero-order valence-corrected chi connectivity index (χ0v) is 23.7. The summed E-state index contributed by atoms with van der Waals surface area (Å²) in [6, 6.07) is 11.0. The van der Waals surface area contributed by atoms with Crippen molar-refractivity contribution in [2.75, 3.05) is 54.6 Å². The van der Waals surface area contributed by atoms with Gasteiger partial charge in [0.2, 0.25) is 0 Å². The van der Waals surface area contributed by atoms with E-state index in [2.05, 4.69) is 41.4 Å². The molecular weight excluding hydrogens is 464 g/mol. The summed E-state index contributed by atoms with van der Waals surface area (Å²) in [5.74, 6) is 3.48. The Balaban J connectivity index is 1.34. The largest absolute Gasteiger partial charge is 0.497 e. The molecule has 0 saturated heterocycles. The zero-order chi connectivity index (χ0) is 26.5. The Morgan fingerprint density at radius 1 is 0.838 bits per heavy atom. The van der Waals surface area contributed by atoms with Gasteiger partial charge in [0.25, 0.3) is 0 Å². The number of nitrogens with zero attached hydrogens (tertiary/aromatic N) is 1. The van der Waals surface area contributed by atoms with E-state index in [4.69, 9.17) is 18.9 Å². The van der Waals surface area contributed by atoms with Gasteiger partial charge in [-0.3, -0.25) is 0 Å². The second kappa shape index (κ2) is 15.7. The highest BCUT2D eigenvalue weighted by Crippen LogP contribution is 2.38. The lowest BCUT2D eigenvalue weighted by molar-refractivity contribution is 0.175. The lowest BCUT2D eigenvalue weighted by Gasteiger charge is -2.36. The topological polar surface area (TPSA) is 52.2 Å². The fraction of sp³-hybridized carbons (Fsp3) is 0.613. The molecule has 0 heterocycles. The Hall–Kier alpha value is -2.44. The Labute approximate surface area is 224 Å². The van der Waals surface area contributed by atoms with Gasteiger partial charge in [-0.25, -0.2) is 0 Å². The molecule has 0 fully saturated rings. The number of benzene rings is 2. The highest BCUT2D eigenvalue weighted by Gasteiger charge is 2.27. The predicted octanol–water partition coefficient (Wildman–Crippen LogP) is 5.68. The molecular formula is C31H48N2O4. The molecule has 2 aromatic rings. The molecule has 0 aliphatic heterocycles. The third-order valence-corrected chi connectivity index (χ3v) is 7.51. The first-order valence-corrected chi connectivity index (χ1v) is 14.0. The summed E-state index contributed by atoms with van der Waals surface area (Å²) < 4.78 is 21.9. The van der Waals surface area contributed by atoms with E-state index >= 15 is 0 Å². The van der Waals surface area contributed by atoms with Crippen molar-refractivity contribution in [3.05, 3.63) is 47.0 Å². The lowest BCUT2D eigenvalue weighted by Crippen LogP contribution is -2.40. The van der Waals surface area contributed by atoms with Gasteiger partial charge in [0.1, 0.15) is 11.5 Å². The Morgan fingerprint density at radius 2 is 1.59 bits per heavy atom. The fourth-order valence-electron chi connectivity index (χ4n) is 5.53. The number of fused-ring (bicyclic) bond motifs is 1. The zero-order valence-electron chi connectivity index (χ0n) is 23.7. The quantitative estimate of drug-likeness (QED) is 0.275. The fourth-order valence-corrected chi connectivity index (χ4v) is 5.53. The number of ether oxygens (including phenoxy) is 4. The van der Waals surface area contributed by atoms with E-state index in [0.29, 0.717) is 6.04 Å². The summed E-state index contributed by atoms with van der Waals surface area (Å²) in [5, 5.41) is 3.60. The molecule has 6 nitrogen and oxygen atoms in total. The first kappa shape index (κ1) is 29.1. The third kappa shape index (κ3) is 8.54. The Morgan fingerprint density at radius 3 is 2.27 bits per heavy atom. The minimum absolute atomic E-state index is 0.627. The molecule has 0 saturated carbocycles. The van der Waals surface area contributed by atoms with Crippen LogP contribution in [-0.2, 0) is 19.3 Å². The molecule has 1 aliphatic rings. The summed E-state index contributed by atoms with van der Waals surface area (Å²) in [7, 11) is 6.86. The molecule has 0 spiro atoms. The second-order valence-corrected chi connectivity index (χ2v) is 10.0. The van der Waals surface area contributed by atoms with E-state index in [1.54, 1.807) is 28.4 Å². The molecule has 1 N–H and O–H groups in total. The van der Waals surface area contributed by atoms with Crippen molar-refractivity contribution in [1.29, 1.82) is 0 Å². The number of methoxy groups -OCH3 is 4. The van der Waals surface area contributed by atoms with Gasteiger partial charge in [-0.1, -0.05) is 25.8 Å². The maximum atomic E-state index is 5.69. The van der Waals surface area contributed by atoms with Crippen LogP contribution in [0.15, 0.2) is 30.3 Å². The van der Waals surface area contributed by atoms with Crippen LogP contribution in [0.2, 0.25) is 0 Å². The van der Waals surface area contributed by atoms with Crippen LogP contribution in [-0.4, -0.2) is 65.6 Å². The molecule has 2 aromatic carbocycles. The van der Waals surface area contributed by atoms with E-state index < -0.39 is 0 Å². The van der Waals surface area contributed by atoms with Gasteiger partial charge in [0.05, 0.1) is 28.4 Å². The minimum Gasteiger partial charge on any atom is -0.497 e. The van der Waals surface area contributed by atoms with Gasteiger partial charge < -0.3 is 29.2 Å². The minimum atomic E-state index is 0.627. The monoisotopic (exact) mass is 512 g/mol. The van der Waals surface area contributed by atoms with Crippen LogP contribution in [0.3, 0.4) is 0 Å². The highest BCUT2D eigenvalue weighted by atomic mass is 16.5. The summed E-state index contributed by atoms with van der Waals surface area (Å²) in [4.78, 5) is 2.74.